The van der Waals surface area contributed by atoms with E-state index in [0.717, 1.165) is 12.8 Å². The lowest BCUT2D eigenvalue weighted by atomic mass is 10.1. The van der Waals surface area contributed by atoms with Crippen molar-refractivity contribution in [3.8, 4) is 5.88 Å². The Hall–Kier alpha value is -1.67. The number of hydrogen-bond acceptors (Lipinski definition) is 6. The summed E-state index contributed by atoms with van der Waals surface area (Å²) in [7, 11) is 1.45. The molecule has 0 aromatic carbocycles. The molecule has 0 N–H and O–H groups in total. The van der Waals surface area contributed by atoms with Gasteiger partial charge in [-0.15, -0.1) is 5.10 Å². The minimum atomic E-state index is -0.506. The molecule has 0 atom stereocenters. The zero-order valence-corrected chi connectivity index (χ0v) is 10.1. The Bertz CT molecular complexity index is 414. The molecule has 1 aliphatic heterocycles. The van der Waals surface area contributed by atoms with Gasteiger partial charge in [0.15, 0.2) is 6.79 Å². The molecular formula is C10H15N3O5. The van der Waals surface area contributed by atoms with Crippen LogP contribution in [-0.4, -0.2) is 41.8 Å². The highest BCUT2D eigenvalue weighted by Crippen LogP contribution is 2.29. The fourth-order valence-electron chi connectivity index (χ4n) is 1.85. The van der Waals surface area contributed by atoms with E-state index in [1.165, 1.54) is 13.3 Å². The lowest BCUT2D eigenvalue weighted by Gasteiger charge is -2.21. The highest BCUT2D eigenvalue weighted by atomic mass is 16.7. The van der Waals surface area contributed by atoms with Gasteiger partial charge in [0.25, 0.3) is 0 Å². The summed E-state index contributed by atoms with van der Waals surface area (Å²) in [6, 6.07) is 0.123. The van der Waals surface area contributed by atoms with Crippen LogP contribution >= 0.6 is 0 Å². The monoisotopic (exact) mass is 257 g/mol. The summed E-state index contributed by atoms with van der Waals surface area (Å²) in [6.45, 7) is 1.23. The summed E-state index contributed by atoms with van der Waals surface area (Å²) in [5, 5.41) is 15.0. The first kappa shape index (κ1) is 12.8. The van der Waals surface area contributed by atoms with Crippen molar-refractivity contribution in [3.63, 3.8) is 0 Å². The Kier molecular flexibility index (Phi) is 4.11. The third-order valence-electron chi connectivity index (χ3n) is 2.76. The number of nitrogens with zero attached hydrogens (tertiary/aromatic N) is 3. The van der Waals surface area contributed by atoms with Gasteiger partial charge in [0.2, 0.25) is 0 Å². The molecule has 8 nitrogen and oxygen atoms in total. The van der Waals surface area contributed by atoms with Crippen molar-refractivity contribution in [2.45, 2.75) is 18.9 Å². The summed E-state index contributed by atoms with van der Waals surface area (Å²) in [4.78, 5) is 10.4. The van der Waals surface area contributed by atoms with Crippen LogP contribution in [-0.2, 0) is 9.47 Å². The van der Waals surface area contributed by atoms with Crippen molar-refractivity contribution in [2.75, 3.05) is 27.1 Å². The summed E-state index contributed by atoms with van der Waals surface area (Å²) in [5.74, 6) is -0.00616. The minimum Gasteiger partial charge on any atom is -0.445 e. The molecule has 0 bridgehead atoms. The fraction of sp³-hybridized carbons (Fsp3) is 0.700. The molecule has 0 radical (unpaired) electrons. The van der Waals surface area contributed by atoms with Gasteiger partial charge in [-0.05, 0) is 12.8 Å². The largest absolute Gasteiger partial charge is 0.445 e. The summed E-state index contributed by atoms with van der Waals surface area (Å²) < 4.78 is 16.6. The molecule has 0 saturated carbocycles. The van der Waals surface area contributed by atoms with Crippen LogP contribution in [0.1, 0.15) is 18.9 Å². The van der Waals surface area contributed by atoms with Gasteiger partial charge in [-0.3, -0.25) is 14.8 Å². The second-order valence-electron chi connectivity index (χ2n) is 3.95. The van der Waals surface area contributed by atoms with Crippen LogP contribution in [0.5, 0.6) is 5.88 Å². The number of hydrogen-bond donors (Lipinski definition) is 0. The van der Waals surface area contributed by atoms with Crippen LogP contribution in [0.4, 0.5) is 5.69 Å². The fourth-order valence-corrected chi connectivity index (χ4v) is 1.85. The molecule has 2 heterocycles. The number of nitro groups is 1. The van der Waals surface area contributed by atoms with E-state index in [4.69, 9.17) is 14.2 Å². The normalized spacial score (nSPS) is 16.7. The molecule has 8 heteroatoms. The van der Waals surface area contributed by atoms with Crippen molar-refractivity contribution < 1.29 is 19.1 Å². The molecule has 18 heavy (non-hydrogen) atoms. The molecule has 1 aliphatic rings. The lowest BCUT2D eigenvalue weighted by molar-refractivity contribution is -0.386. The molecule has 0 spiro atoms. The predicted molar refractivity (Wildman–Crippen MR) is 60.5 cm³/mol. The molecule has 1 fully saturated rings. The summed E-state index contributed by atoms with van der Waals surface area (Å²) >= 11 is 0. The van der Waals surface area contributed by atoms with E-state index in [-0.39, 0.29) is 24.4 Å². The average Bonchev–Trinajstić information content (AvgIpc) is 2.81. The van der Waals surface area contributed by atoms with Crippen molar-refractivity contribution in [3.05, 3.63) is 16.3 Å². The van der Waals surface area contributed by atoms with Crippen molar-refractivity contribution in [1.29, 1.82) is 0 Å². The number of aromatic nitrogens is 2. The standard InChI is InChI=1S/C10H15N3O5/c1-16-7-18-10-9(13(14)15)6-12(11-10)8-2-4-17-5-3-8/h6,8H,2-5,7H2,1H3. The zero-order chi connectivity index (χ0) is 13.0. The number of ether oxygens (including phenoxy) is 3. The second kappa shape index (κ2) is 5.78. The molecule has 0 aliphatic carbocycles. The van der Waals surface area contributed by atoms with E-state index in [1.807, 2.05) is 0 Å². The van der Waals surface area contributed by atoms with E-state index in [2.05, 4.69) is 5.10 Å². The van der Waals surface area contributed by atoms with Gasteiger partial charge >= 0.3 is 11.6 Å². The Morgan fingerprint density at radius 3 is 2.94 bits per heavy atom. The maximum absolute atomic E-state index is 10.9. The first-order valence-corrected chi connectivity index (χ1v) is 5.65. The highest BCUT2D eigenvalue weighted by Gasteiger charge is 2.25. The SMILES string of the molecule is COCOc1nn(C2CCOCC2)cc1[N+](=O)[O-]. The molecular weight excluding hydrogens is 242 g/mol. The maximum atomic E-state index is 10.9. The van der Waals surface area contributed by atoms with Gasteiger partial charge in [0, 0.05) is 20.3 Å². The number of methoxy groups -OCH3 is 1. The molecule has 0 amide bonds. The van der Waals surface area contributed by atoms with Gasteiger partial charge in [0.05, 0.1) is 11.0 Å². The van der Waals surface area contributed by atoms with E-state index < -0.39 is 4.92 Å². The van der Waals surface area contributed by atoms with Crippen LogP contribution in [0.15, 0.2) is 6.20 Å². The highest BCUT2D eigenvalue weighted by molar-refractivity contribution is 5.38. The van der Waals surface area contributed by atoms with Gasteiger partial charge < -0.3 is 14.2 Å². The molecule has 100 valence electrons. The number of rotatable bonds is 5. The molecule has 1 aromatic heterocycles. The minimum absolute atomic E-state index is 0.00616. The van der Waals surface area contributed by atoms with E-state index in [0.29, 0.717) is 13.2 Å². The Labute approximate surface area is 104 Å². The third kappa shape index (κ3) is 2.77. The van der Waals surface area contributed by atoms with Crippen LogP contribution in [0.2, 0.25) is 0 Å². The molecule has 2 rings (SSSR count). The third-order valence-corrected chi connectivity index (χ3v) is 2.76. The predicted octanol–water partition coefficient (Wildman–Crippen LogP) is 1.13. The average molecular weight is 257 g/mol. The molecule has 1 aromatic rings. The first-order chi connectivity index (χ1) is 8.72. The molecule has 0 unspecified atom stereocenters. The van der Waals surface area contributed by atoms with Gasteiger partial charge in [-0.25, -0.2) is 0 Å². The van der Waals surface area contributed by atoms with E-state index >= 15 is 0 Å². The van der Waals surface area contributed by atoms with Gasteiger partial charge in [0.1, 0.15) is 6.20 Å². The zero-order valence-electron chi connectivity index (χ0n) is 10.1. The lowest BCUT2D eigenvalue weighted by Crippen LogP contribution is -2.20. The van der Waals surface area contributed by atoms with Crippen molar-refractivity contribution in [1.82, 2.24) is 9.78 Å². The Morgan fingerprint density at radius 2 is 2.33 bits per heavy atom. The van der Waals surface area contributed by atoms with E-state index in [1.54, 1.807) is 4.68 Å². The van der Waals surface area contributed by atoms with Crippen LogP contribution < -0.4 is 4.74 Å². The maximum Gasteiger partial charge on any atom is 0.350 e. The Balaban J connectivity index is 2.17. The van der Waals surface area contributed by atoms with Gasteiger partial charge in [-0.2, -0.15) is 0 Å². The first-order valence-electron chi connectivity index (χ1n) is 5.65. The van der Waals surface area contributed by atoms with Crippen LogP contribution in [0, 0.1) is 10.1 Å². The Morgan fingerprint density at radius 1 is 1.61 bits per heavy atom. The van der Waals surface area contributed by atoms with Crippen LogP contribution in [0.25, 0.3) is 0 Å². The topological polar surface area (TPSA) is 88.7 Å². The summed E-state index contributed by atoms with van der Waals surface area (Å²) in [6.07, 6.45) is 2.99. The van der Waals surface area contributed by atoms with E-state index in [9.17, 15) is 10.1 Å². The van der Waals surface area contributed by atoms with Crippen LogP contribution in [0.3, 0.4) is 0 Å². The van der Waals surface area contributed by atoms with Crippen molar-refractivity contribution >= 4 is 5.69 Å². The quantitative estimate of drug-likeness (QED) is 0.446. The van der Waals surface area contributed by atoms with Crippen molar-refractivity contribution in [2.24, 2.45) is 0 Å². The second-order valence-corrected chi connectivity index (χ2v) is 3.95. The smallest absolute Gasteiger partial charge is 0.350 e. The molecule has 1 saturated heterocycles. The summed E-state index contributed by atoms with van der Waals surface area (Å²) in [5.41, 5.74) is -0.140. The van der Waals surface area contributed by atoms with Gasteiger partial charge in [-0.1, -0.05) is 0 Å².